The predicted molar refractivity (Wildman–Crippen MR) is 105 cm³/mol. The maximum atomic E-state index is 12.7. The lowest BCUT2D eigenvalue weighted by atomic mass is 9.66. The number of carbonyl (C=O) groups is 1. The SMILES string of the molecule is CNC1(c2cccs2)CCC2(CC1)CC(=O)N(CCC1(OC)CCC1)C2. The van der Waals surface area contributed by atoms with Gasteiger partial charge >= 0.3 is 0 Å². The van der Waals surface area contributed by atoms with E-state index in [-0.39, 0.29) is 16.6 Å². The Labute approximate surface area is 161 Å². The summed E-state index contributed by atoms with van der Waals surface area (Å²) in [5.74, 6) is 0.364. The van der Waals surface area contributed by atoms with E-state index in [1.807, 2.05) is 18.4 Å². The molecule has 3 fully saturated rings. The monoisotopic (exact) mass is 376 g/mol. The first-order chi connectivity index (χ1) is 12.5. The highest BCUT2D eigenvalue weighted by molar-refractivity contribution is 7.10. The van der Waals surface area contributed by atoms with Gasteiger partial charge < -0.3 is 15.0 Å². The zero-order chi connectivity index (χ0) is 18.3. The van der Waals surface area contributed by atoms with E-state index in [0.717, 1.165) is 64.5 Å². The van der Waals surface area contributed by atoms with E-state index in [1.165, 1.54) is 11.3 Å². The molecule has 1 amide bonds. The Bertz CT molecular complexity index is 625. The van der Waals surface area contributed by atoms with Gasteiger partial charge in [0.25, 0.3) is 0 Å². The summed E-state index contributed by atoms with van der Waals surface area (Å²) in [5.41, 5.74) is 0.375. The van der Waals surface area contributed by atoms with Crippen LogP contribution in [-0.4, -0.2) is 43.7 Å². The van der Waals surface area contributed by atoms with Crippen LogP contribution in [0.2, 0.25) is 0 Å². The van der Waals surface area contributed by atoms with Crippen molar-refractivity contribution in [2.45, 2.75) is 68.9 Å². The van der Waals surface area contributed by atoms with Crippen molar-refractivity contribution in [2.75, 3.05) is 27.2 Å². The number of ether oxygens (including phenoxy) is 1. The van der Waals surface area contributed by atoms with Crippen molar-refractivity contribution in [1.82, 2.24) is 10.2 Å². The van der Waals surface area contributed by atoms with Gasteiger partial charge in [-0.2, -0.15) is 0 Å². The van der Waals surface area contributed by atoms with Gasteiger partial charge in [0.1, 0.15) is 0 Å². The number of methoxy groups -OCH3 is 1. The summed E-state index contributed by atoms with van der Waals surface area (Å²) >= 11 is 1.85. The number of nitrogens with zero attached hydrogens (tertiary/aromatic N) is 1. The second-order valence-electron chi connectivity index (χ2n) is 8.79. The second kappa shape index (κ2) is 6.92. The van der Waals surface area contributed by atoms with E-state index in [2.05, 4.69) is 34.8 Å². The van der Waals surface area contributed by atoms with Crippen molar-refractivity contribution in [3.05, 3.63) is 22.4 Å². The maximum absolute atomic E-state index is 12.7. The highest BCUT2D eigenvalue weighted by atomic mass is 32.1. The average molecular weight is 377 g/mol. The Morgan fingerprint density at radius 3 is 2.54 bits per heavy atom. The molecule has 1 spiro atoms. The minimum absolute atomic E-state index is 0.0586. The van der Waals surface area contributed by atoms with Gasteiger partial charge in [0.2, 0.25) is 5.91 Å². The second-order valence-corrected chi connectivity index (χ2v) is 9.74. The van der Waals surface area contributed by atoms with Gasteiger partial charge in [-0.15, -0.1) is 11.3 Å². The number of rotatable bonds is 6. The molecule has 2 aliphatic carbocycles. The zero-order valence-electron chi connectivity index (χ0n) is 16.2. The van der Waals surface area contributed by atoms with E-state index in [4.69, 9.17) is 4.74 Å². The van der Waals surface area contributed by atoms with Crippen molar-refractivity contribution in [2.24, 2.45) is 5.41 Å². The third-order valence-electron chi connectivity index (χ3n) is 7.58. The molecule has 2 saturated carbocycles. The lowest BCUT2D eigenvalue weighted by molar-refractivity contribution is -0.129. The Kier molecular flexibility index (Phi) is 4.91. The van der Waals surface area contributed by atoms with Gasteiger partial charge in [-0.25, -0.2) is 0 Å². The number of thiophene rings is 1. The quantitative estimate of drug-likeness (QED) is 0.818. The summed E-state index contributed by atoms with van der Waals surface area (Å²) in [4.78, 5) is 16.3. The normalized spacial score (nSPS) is 33.6. The Balaban J connectivity index is 1.38. The Morgan fingerprint density at radius 2 is 2.00 bits per heavy atom. The fraction of sp³-hybridized carbons (Fsp3) is 0.762. The lowest BCUT2D eigenvalue weighted by Crippen LogP contribution is -2.46. The van der Waals surface area contributed by atoms with E-state index in [1.54, 1.807) is 0 Å². The van der Waals surface area contributed by atoms with Gasteiger partial charge in [-0.05, 0) is 75.3 Å². The van der Waals surface area contributed by atoms with Crippen molar-refractivity contribution in [3.8, 4) is 0 Å². The molecule has 2 heterocycles. The molecular formula is C21H32N2O2S. The van der Waals surface area contributed by atoms with Crippen LogP contribution in [0.25, 0.3) is 0 Å². The maximum Gasteiger partial charge on any atom is 0.223 e. The van der Waals surface area contributed by atoms with Crippen molar-refractivity contribution in [3.63, 3.8) is 0 Å². The molecule has 26 heavy (non-hydrogen) atoms. The fourth-order valence-electron chi connectivity index (χ4n) is 5.36. The summed E-state index contributed by atoms with van der Waals surface area (Å²) in [7, 11) is 3.92. The van der Waals surface area contributed by atoms with Crippen LogP contribution in [0, 0.1) is 5.41 Å². The first-order valence-corrected chi connectivity index (χ1v) is 11.0. The van der Waals surface area contributed by atoms with Crippen LogP contribution in [0.4, 0.5) is 0 Å². The molecule has 4 nitrogen and oxygen atoms in total. The summed E-state index contributed by atoms with van der Waals surface area (Å²) in [6, 6.07) is 4.41. The number of carbonyl (C=O) groups excluding carboxylic acids is 1. The van der Waals surface area contributed by atoms with E-state index >= 15 is 0 Å². The van der Waals surface area contributed by atoms with Crippen molar-refractivity contribution >= 4 is 17.2 Å². The molecule has 0 aromatic carbocycles. The molecule has 1 aromatic rings. The minimum Gasteiger partial charge on any atom is -0.378 e. The smallest absolute Gasteiger partial charge is 0.223 e. The van der Waals surface area contributed by atoms with Crippen molar-refractivity contribution < 1.29 is 9.53 Å². The van der Waals surface area contributed by atoms with Crippen LogP contribution >= 0.6 is 11.3 Å². The first-order valence-electron chi connectivity index (χ1n) is 10.1. The third kappa shape index (κ3) is 3.12. The summed E-state index contributed by atoms with van der Waals surface area (Å²) in [6.07, 6.45) is 9.87. The standard InChI is InChI=1S/C21H32N2O2S/c1-22-21(17-5-3-14-26-17)10-8-19(9-11-21)15-18(24)23(16-19)13-12-20(25-2)6-4-7-20/h3,5,14,22H,4,6-13,15-16H2,1-2H3. The van der Waals surface area contributed by atoms with Crippen LogP contribution < -0.4 is 5.32 Å². The Hall–Kier alpha value is -0.910. The van der Waals surface area contributed by atoms with Gasteiger partial charge in [-0.3, -0.25) is 4.79 Å². The van der Waals surface area contributed by atoms with Gasteiger partial charge in [0.15, 0.2) is 0 Å². The number of hydrogen-bond acceptors (Lipinski definition) is 4. The molecule has 0 atom stereocenters. The van der Waals surface area contributed by atoms with Crippen molar-refractivity contribution in [1.29, 1.82) is 0 Å². The zero-order valence-corrected chi connectivity index (χ0v) is 17.0. The Morgan fingerprint density at radius 1 is 1.23 bits per heavy atom. The molecule has 1 saturated heterocycles. The third-order valence-corrected chi connectivity index (χ3v) is 8.65. The topological polar surface area (TPSA) is 41.6 Å². The lowest BCUT2D eigenvalue weighted by Gasteiger charge is -2.44. The molecule has 144 valence electrons. The fourth-order valence-corrected chi connectivity index (χ4v) is 6.36. The molecule has 1 N–H and O–H groups in total. The van der Waals surface area contributed by atoms with Gasteiger partial charge in [-0.1, -0.05) is 6.07 Å². The van der Waals surface area contributed by atoms with Gasteiger partial charge in [0.05, 0.1) is 11.1 Å². The van der Waals surface area contributed by atoms with Crippen LogP contribution in [0.1, 0.15) is 62.7 Å². The highest BCUT2D eigenvalue weighted by Crippen LogP contribution is 2.51. The molecule has 0 radical (unpaired) electrons. The first kappa shape index (κ1) is 18.5. The largest absolute Gasteiger partial charge is 0.378 e. The summed E-state index contributed by atoms with van der Waals surface area (Å²) in [5, 5.41) is 5.78. The number of nitrogens with one attached hydrogen (secondary N) is 1. The highest BCUT2D eigenvalue weighted by Gasteiger charge is 2.49. The number of amides is 1. The van der Waals surface area contributed by atoms with E-state index in [9.17, 15) is 4.79 Å². The van der Waals surface area contributed by atoms with E-state index in [0.29, 0.717) is 5.91 Å². The molecular weight excluding hydrogens is 344 g/mol. The molecule has 5 heteroatoms. The molecule has 0 unspecified atom stereocenters. The van der Waals surface area contributed by atoms with Crippen LogP contribution in [0.3, 0.4) is 0 Å². The molecule has 0 bridgehead atoms. The summed E-state index contributed by atoms with van der Waals surface area (Å²) in [6.45, 7) is 1.83. The van der Waals surface area contributed by atoms with E-state index < -0.39 is 0 Å². The molecule has 3 aliphatic rings. The molecule has 1 aliphatic heterocycles. The summed E-state index contributed by atoms with van der Waals surface area (Å²) < 4.78 is 5.74. The number of likely N-dealkylation sites (tertiary alicyclic amines) is 1. The molecule has 1 aromatic heterocycles. The number of hydrogen-bond donors (Lipinski definition) is 1. The molecule has 4 rings (SSSR count). The predicted octanol–water partition coefficient (Wildman–Crippen LogP) is 3.91. The van der Waals surface area contributed by atoms with Crippen LogP contribution in [0.5, 0.6) is 0 Å². The van der Waals surface area contributed by atoms with Crippen LogP contribution in [0.15, 0.2) is 17.5 Å². The minimum atomic E-state index is 0.0586. The van der Waals surface area contributed by atoms with Crippen LogP contribution in [-0.2, 0) is 15.1 Å². The van der Waals surface area contributed by atoms with Gasteiger partial charge in [0, 0.05) is 31.5 Å². The average Bonchev–Trinajstić information content (AvgIpc) is 3.25.